The lowest BCUT2D eigenvalue weighted by Gasteiger charge is -2.22. The molecule has 1 atom stereocenters. The molecule has 0 spiro atoms. The van der Waals surface area contributed by atoms with Crippen LogP contribution in [0.3, 0.4) is 0 Å². The molecule has 1 unspecified atom stereocenters. The van der Waals surface area contributed by atoms with Gasteiger partial charge in [-0.25, -0.2) is 4.79 Å². The van der Waals surface area contributed by atoms with Crippen LogP contribution in [0.15, 0.2) is 0 Å². The summed E-state index contributed by atoms with van der Waals surface area (Å²) in [5, 5.41) is 2.73. The van der Waals surface area contributed by atoms with Crippen molar-refractivity contribution in [3.63, 3.8) is 0 Å². The molecule has 0 aromatic heterocycles. The van der Waals surface area contributed by atoms with Crippen LogP contribution in [0.2, 0.25) is 0 Å². The van der Waals surface area contributed by atoms with E-state index in [0.717, 1.165) is 0 Å². The van der Waals surface area contributed by atoms with Crippen molar-refractivity contribution in [2.45, 2.75) is 45.3 Å². The fraction of sp³-hybridized carbons (Fsp3) is 0.818. The van der Waals surface area contributed by atoms with Crippen molar-refractivity contribution in [2.75, 3.05) is 11.5 Å². The zero-order valence-electron chi connectivity index (χ0n) is 10.7. The number of ether oxygens (including phenoxy) is 2. The van der Waals surface area contributed by atoms with Gasteiger partial charge in [0.05, 0.1) is 7.11 Å². The van der Waals surface area contributed by atoms with Crippen molar-refractivity contribution in [3.8, 4) is 0 Å². The normalized spacial score (nSPS) is 12.8. The van der Waals surface area contributed by atoms with E-state index in [0.29, 0.717) is 17.3 Å². The van der Waals surface area contributed by atoms with Crippen molar-refractivity contribution in [1.82, 2.24) is 5.32 Å². The molecule has 0 fully saturated rings. The lowest BCUT2D eigenvalue weighted by atomic mass is 10.2. The SMILES string of the molecule is COC(=O)CCC(CI)NC(=O)OC(C)(C)C. The standard InChI is InChI=1S/C11H20INO4/c1-11(2,3)17-10(15)13-8(7-12)5-6-9(14)16-4/h8H,5-7H2,1-4H3,(H,13,15). The monoisotopic (exact) mass is 357 g/mol. The van der Waals surface area contributed by atoms with Gasteiger partial charge < -0.3 is 14.8 Å². The largest absolute Gasteiger partial charge is 0.469 e. The second-order valence-electron chi connectivity index (χ2n) is 4.61. The van der Waals surface area contributed by atoms with Gasteiger partial charge in [0.1, 0.15) is 5.60 Å². The molecule has 0 aliphatic rings. The number of rotatable bonds is 5. The minimum Gasteiger partial charge on any atom is -0.469 e. The molecule has 0 saturated carbocycles. The third-order valence-corrected chi connectivity index (χ3v) is 2.89. The van der Waals surface area contributed by atoms with Crippen LogP contribution in [0.25, 0.3) is 0 Å². The second kappa shape index (κ2) is 7.73. The van der Waals surface area contributed by atoms with Crippen molar-refractivity contribution in [3.05, 3.63) is 0 Å². The van der Waals surface area contributed by atoms with Crippen LogP contribution < -0.4 is 5.32 Å². The molecule has 100 valence electrons. The summed E-state index contributed by atoms with van der Waals surface area (Å²) in [5.74, 6) is -0.272. The second-order valence-corrected chi connectivity index (χ2v) is 5.49. The number of hydrogen-bond donors (Lipinski definition) is 1. The number of carbonyl (C=O) groups excluding carboxylic acids is 2. The Labute approximate surface area is 116 Å². The minimum absolute atomic E-state index is 0.0791. The van der Waals surface area contributed by atoms with Crippen LogP contribution in [0.5, 0.6) is 0 Å². The third-order valence-electron chi connectivity index (χ3n) is 1.83. The zero-order valence-corrected chi connectivity index (χ0v) is 12.9. The molecular formula is C11H20INO4. The summed E-state index contributed by atoms with van der Waals surface area (Å²) >= 11 is 2.16. The molecular weight excluding hydrogens is 337 g/mol. The summed E-state index contributed by atoms with van der Waals surface area (Å²) in [4.78, 5) is 22.5. The Hall–Kier alpha value is -0.530. The Bertz CT molecular complexity index is 263. The summed E-state index contributed by atoms with van der Waals surface area (Å²) in [6.45, 7) is 5.42. The maximum atomic E-state index is 11.5. The van der Waals surface area contributed by atoms with Gasteiger partial charge in [-0.05, 0) is 27.2 Å². The fourth-order valence-electron chi connectivity index (χ4n) is 1.06. The molecule has 0 saturated heterocycles. The first-order valence-electron chi connectivity index (χ1n) is 5.40. The topological polar surface area (TPSA) is 64.6 Å². The van der Waals surface area contributed by atoms with Crippen molar-refractivity contribution in [2.24, 2.45) is 0 Å². The predicted octanol–water partition coefficient (Wildman–Crippen LogP) is 2.27. The van der Waals surface area contributed by atoms with Crippen molar-refractivity contribution >= 4 is 34.7 Å². The highest BCUT2D eigenvalue weighted by Gasteiger charge is 2.19. The number of carbonyl (C=O) groups is 2. The van der Waals surface area contributed by atoms with Crippen LogP contribution in [0, 0.1) is 0 Å². The lowest BCUT2D eigenvalue weighted by Crippen LogP contribution is -2.40. The van der Waals surface area contributed by atoms with Gasteiger partial charge in [0.25, 0.3) is 0 Å². The van der Waals surface area contributed by atoms with Gasteiger partial charge >= 0.3 is 12.1 Å². The molecule has 0 bridgehead atoms. The molecule has 0 rings (SSSR count). The first-order valence-corrected chi connectivity index (χ1v) is 6.93. The summed E-state index contributed by atoms with van der Waals surface area (Å²) in [7, 11) is 1.35. The number of alkyl carbamates (subject to hydrolysis) is 1. The highest BCUT2D eigenvalue weighted by molar-refractivity contribution is 14.1. The first kappa shape index (κ1) is 16.5. The smallest absolute Gasteiger partial charge is 0.407 e. The molecule has 5 nitrogen and oxygen atoms in total. The Morgan fingerprint density at radius 1 is 1.35 bits per heavy atom. The van der Waals surface area contributed by atoms with Crippen LogP contribution in [0.4, 0.5) is 4.79 Å². The Balaban J connectivity index is 4.04. The third kappa shape index (κ3) is 9.20. The summed E-state index contributed by atoms with van der Waals surface area (Å²) in [6, 6.07) is -0.0791. The quantitative estimate of drug-likeness (QED) is 0.466. The average Bonchev–Trinajstić information content (AvgIpc) is 2.20. The van der Waals surface area contributed by atoms with Crippen LogP contribution >= 0.6 is 22.6 Å². The van der Waals surface area contributed by atoms with E-state index in [1.54, 1.807) is 20.8 Å². The maximum Gasteiger partial charge on any atom is 0.407 e. The Morgan fingerprint density at radius 2 is 1.94 bits per heavy atom. The highest BCUT2D eigenvalue weighted by atomic mass is 127. The summed E-state index contributed by atoms with van der Waals surface area (Å²) < 4.78 is 10.4. The van der Waals surface area contributed by atoms with E-state index < -0.39 is 11.7 Å². The number of methoxy groups -OCH3 is 1. The van der Waals surface area contributed by atoms with E-state index in [2.05, 4.69) is 32.6 Å². The molecule has 17 heavy (non-hydrogen) atoms. The fourth-order valence-corrected chi connectivity index (χ4v) is 1.72. The molecule has 0 aliphatic heterocycles. The molecule has 0 aromatic rings. The number of hydrogen-bond acceptors (Lipinski definition) is 4. The van der Waals surface area contributed by atoms with E-state index in [1.165, 1.54) is 7.11 Å². The molecule has 0 aliphatic carbocycles. The van der Waals surface area contributed by atoms with Crippen LogP contribution in [-0.4, -0.2) is 35.2 Å². The van der Waals surface area contributed by atoms with Gasteiger partial charge in [0, 0.05) is 16.9 Å². The highest BCUT2D eigenvalue weighted by Crippen LogP contribution is 2.08. The Kier molecular flexibility index (Phi) is 7.49. The van der Waals surface area contributed by atoms with Crippen LogP contribution in [-0.2, 0) is 14.3 Å². The molecule has 0 aromatic carbocycles. The van der Waals surface area contributed by atoms with Crippen molar-refractivity contribution in [1.29, 1.82) is 0 Å². The summed E-state index contributed by atoms with van der Waals surface area (Å²) in [5.41, 5.74) is -0.512. The first-order chi connectivity index (χ1) is 7.78. The molecule has 1 amide bonds. The van der Waals surface area contributed by atoms with Gasteiger partial charge in [0.2, 0.25) is 0 Å². The Morgan fingerprint density at radius 3 is 2.35 bits per heavy atom. The predicted molar refractivity (Wildman–Crippen MR) is 73.3 cm³/mol. The van der Waals surface area contributed by atoms with Gasteiger partial charge in [-0.1, -0.05) is 22.6 Å². The number of halogens is 1. The lowest BCUT2D eigenvalue weighted by molar-refractivity contribution is -0.140. The number of amides is 1. The summed E-state index contributed by atoms with van der Waals surface area (Å²) in [6.07, 6.45) is 0.387. The van der Waals surface area contributed by atoms with Gasteiger partial charge in [-0.3, -0.25) is 4.79 Å². The van der Waals surface area contributed by atoms with Crippen molar-refractivity contribution < 1.29 is 19.1 Å². The maximum absolute atomic E-state index is 11.5. The van der Waals surface area contributed by atoms with Gasteiger partial charge in [-0.2, -0.15) is 0 Å². The van der Waals surface area contributed by atoms with E-state index in [1.807, 2.05) is 0 Å². The zero-order chi connectivity index (χ0) is 13.5. The molecule has 0 heterocycles. The van der Waals surface area contributed by atoms with E-state index >= 15 is 0 Å². The number of esters is 1. The molecule has 1 N–H and O–H groups in total. The molecule has 6 heteroatoms. The van der Waals surface area contributed by atoms with Crippen LogP contribution in [0.1, 0.15) is 33.6 Å². The van der Waals surface area contributed by atoms with E-state index in [4.69, 9.17) is 4.74 Å². The van der Waals surface area contributed by atoms with Gasteiger partial charge in [0.15, 0.2) is 0 Å². The van der Waals surface area contributed by atoms with Gasteiger partial charge in [-0.15, -0.1) is 0 Å². The number of nitrogens with one attached hydrogen (secondary N) is 1. The van der Waals surface area contributed by atoms with E-state index in [9.17, 15) is 9.59 Å². The molecule has 0 radical (unpaired) electrons. The average molecular weight is 357 g/mol. The minimum atomic E-state index is -0.512. The van der Waals surface area contributed by atoms with E-state index in [-0.39, 0.29) is 12.0 Å². The number of alkyl halides is 1.